The third kappa shape index (κ3) is 8.83. The summed E-state index contributed by atoms with van der Waals surface area (Å²) in [4.78, 5) is 22.2. The molecular weight excluding hydrogens is 269 g/mol. The Balaban J connectivity index is 4.41. The number of amides is 1. The predicted octanol–water partition coefficient (Wildman–Crippen LogP) is 2.67. The van der Waals surface area contributed by atoms with Gasteiger partial charge in [-0.2, -0.15) is 0 Å². The zero-order valence-electron chi connectivity index (χ0n) is 9.79. The highest BCUT2D eigenvalue weighted by atomic mass is 35.5. The Morgan fingerprint density at radius 2 is 1.94 bits per heavy atom. The number of alkyl carbamates (subject to hydrolysis) is 1. The lowest BCUT2D eigenvalue weighted by Crippen LogP contribution is -2.43. The second-order valence-corrected chi connectivity index (χ2v) is 5.27. The van der Waals surface area contributed by atoms with Crippen molar-refractivity contribution in [1.29, 1.82) is 0 Å². The molecule has 1 amide bonds. The second kappa shape index (κ2) is 6.71. The van der Waals surface area contributed by atoms with Gasteiger partial charge in [0.2, 0.25) is 0 Å². The maximum Gasteiger partial charge on any atom is 0.408 e. The summed E-state index contributed by atoms with van der Waals surface area (Å²) in [5.74, 6) is -1.19. The fourth-order valence-corrected chi connectivity index (χ4v) is 1.06. The number of carbonyl (C=O) groups excluding carboxylic acids is 1. The maximum absolute atomic E-state index is 11.3. The Labute approximate surface area is 110 Å². The number of halogens is 2. The summed E-state index contributed by atoms with van der Waals surface area (Å²) >= 11 is 10.7. The molecule has 0 fully saturated rings. The smallest absolute Gasteiger partial charge is 0.408 e. The van der Waals surface area contributed by atoms with Crippen molar-refractivity contribution in [2.45, 2.75) is 38.8 Å². The molecule has 1 atom stereocenters. The van der Waals surface area contributed by atoms with Crippen LogP contribution in [0, 0.1) is 0 Å². The van der Waals surface area contributed by atoms with Crippen LogP contribution in [0.25, 0.3) is 0 Å². The fraction of sp³-hybridized carbons (Fsp3) is 0.600. The summed E-state index contributed by atoms with van der Waals surface area (Å²) < 4.78 is 4.87. The quantitative estimate of drug-likeness (QED) is 0.832. The normalized spacial score (nSPS) is 12.5. The average Bonchev–Trinajstić information content (AvgIpc) is 2.08. The number of carboxylic acid groups (broad SMARTS) is 1. The zero-order chi connectivity index (χ0) is 13.6. The first-order valence-corrected chi connectivity index (χ1v) is 5.61. The molecule has 0 aromatic carbocycles. The van der Waals surface area contributed by atoms with Gasteiger partial charge in [-0.1, -0.05) is 29.3 Å². The van der Waals surface area contributed by atoms with Crippen molar-refractivity contribution in [3.8, 4) is 0 Å². The molecule has 5 nitrogen and oxygen atoms in total. The van der Waals surface area contributed by atoms with E-state index in [0.29, 0.717) is 0 Å². The highest BCUT2D eigenvalue weighted by Crippen LogP contribution is 2.10. The van der Waals surface area contributed by atoms with Crippen LogP contribution in [0.2, 0.25) is 0 Å². The van der Waals surface area contributed by atoms with E-state index in [4.69, 9.17) is 33.0 Å². The average molecular weight is 284 g/mol. The Hall–Kier alpha value is -0.940. The van der Waals surface area contributed by atoms with Gasteiger partial charge < -0.3 is 15.2 Å². The molecule has 0 spiro atoms. The van der Waals surface area contributed by atoms with Crippen molar-refractivity contribution in [3.05, 3.63) is 10.6 Å². The van der Waals surface area contributed by atoms with E-state index in [0.717, 1.165) is 0 Å². The van der Waals surface area contributed by atoms with Crippen LogP contribution in [0.15, 0.2) is 10.6 Å². The van der Waals surface area contributed by atoms with E-state index in [1.165, 1.54) is 6.08 Å². The van der Waals surface area contributed by atoms with Gasteiger partial charge in [-0.15, -0.1) is 0 Å². The minimum Gasteiger partial charge on any atom is -0.480 e. The first-order valence-electron chi connectivity index (χ1n) is 4.85. The molecule has 7 heteroatoms. The van der Waals surface area contributed by atoms with E-state index in [2.05, 4.69) is 5.32 Å². The molecule has 17 heavy (non-hydrogen) atoms. The van der Waals surface area contributed by atoms with Gasteiger partial charge in [0, 0.05) is 0 Å². The van der Waals surface area contributed by atoms with Crippen molar-refractivity contribution in [2.24, 2.45) is 0 Å². The molecule has 0 rings (SSSR count). The predicted molar refractivity (Wildman–Crippen MR) is 65.2 cm³/mol. The summed E-state index contributed by atoms with van der Waals surface area (Å²) in [5, 5.41) is 11.1. The highest BCUT2D eigenvalue weighted by Gasteiger charge is 2.23. The Bertz CT molecular complexity index is 319. The van der Waals surface area contributed by atoms with Crippen LogP contribution >= 0.6 is 23.2 Å². The van der Waals surface area contributed by atoms with Crippen LogP contribution in [-0.2, 0) is 9.53 Å². The minimum absolute atomic E-state index is 0.0170. The molecule has 0 aliphatic rings. The Morgan fingerprint density at radius 1 is 1.41 bits per heavy atom. The van der Waals surface area contributed by atoms with Crippen LogP contribution in [-0.4, -0.2) is 28.8 Å². The van der Waals surface area contributed by atoms with E-state index in [-0.39, 0.29) is 10.9 Å². The molecule has 0 radical (unpaired) electrons. The van der Waals surface area contributed by atoms with Crippen molar-refractivity contribution in [2.75, 3.05) is 0 Å². The number of carboxylic acids is 1. The summed E-state index contributed by atoms with van der Waals surface area (Å²) in [6.45, 7) is 5.04. The number of aliphatic carboxylic acids is 1. The summed E-state index contributed by atoms with van der Waals surface area (Å²) in [5.41, 5.74) is -0.687. The lowest BCUT2D eigenvalue weighted by molar-refractivity contribution is -0.139. The van der Waals surface area contributed by atoms with E-state index in [1.54, 1.807) is 20.8 Å². The SMILES string of the molecule is CC(C)(C)OC(=O)NC(CC=C(Cl)Cl)C(=O)O. The molecule has 0 saturated heterocycles. The molecule has 0 aliphatic heterocycles. The molecule has 98 valence electrons. The van der Waals surface area contributed by atoms with Crippen LogP contribution in [0.3, 0.4) is 0 Å². The number of hydrogen-bond acceptors (Lipinski definition) is 3. The summed E-state index contributed by atoms with van der Waals surface area (Å²) in [7, 11) is 0. The van der Waals surface area contributed by atoms with Gasteiger partial charge in [-0.05, 0) is 27.2 Å². The molecule has 0 heterocycles. The van der Waals surface area contributed by atoms with Gasteiger partial charge in [0.15, 0.2) is 0 Å². The first-order chi connectivity index (χ1) is 7.61. The van der Waals surface area contributed by atoms with E-state index in [1.807, 2.05) is 0 Å². The topological polar surface area (TPSA) is 75.6 Å². The Morgan fingerprint density at radius 3 is 2.29 bits per heavy atom. The van der Waals surface area contributed by atoms with Gasteiger partial charge in [-0.3, -0.25) is 0 Å². The number of nitrogens with one attached hydrogen (secondary N) is 1. The van der Waals surface area contributed by atoms with Gasteiger partial charge in [0.1, 0.15) is 16.1 Å². The van der Waals surface area contributed by atoms with Crippen molar-refractivity contribution in [1.82, 2.24) is 5.32 Å². The lowest BCUT2D eigenvalue weighted by atomic mass is 10.2. The third-order valence-corrected chi connectivity index (χ3v) is 1.81. The van der Waals surface area contributed by atoms with Gasteiger partial charge in [0.25, 0.3) is 0 Å². The number of ether oxygens (including phenoxy) is 1. The minimum atomic E-state index is -1.19. The molecule has 0 aromatic heterocycles. The maximum atomic E-state index is 11.3. The van der Waals surface area contributed by atoms with E-state index >= 15 is 0 Å². The molecule has 2 N–H and O–H groups in total. The third-order valence-electron chi connectivity index (χ3n) is 1.50. The van der Waals surface area contributed by atoms with E-state index in [9.17, 15) is 9.59 Å². The lowest BCUT2D eigenvalue weighted by Gasteiger charge is -2.21. The highest BCUT2D eigenvalue weighted by molar-refractivity contribution is 6.55. The number of rotatable bonds is 4. The molecule has 1 unspecified atom stereocenters. The van der Waals surface area contributed by atoms with Gasteiger partial charge >= 0.3 is 12.1 Å². The molecule has 0 aromatic rings. The zero-order valence-corrected chi connectivity index (χ0v) is 11.3. The summed E-state index contributed by atoms with van der Waals surface area (Å²) in [6, 6.07) is -1.13. The fourth-order valence-electron chi connectivity index (χ4n) is 0.878. The van der Waals surface area contributed by atoms with Crippen LogP contribution < -0.4 is 5.32 Å². The van der Waals surface area contributed by atoms with Crippen molar-refractivity contribution >= 4 is 35.3 Å². The monoisotopic (exact) mass is 283 g/mol. The summed E-state index contributed by atoms with van der Waals surface area (Å²) in [6.07, 6.45) is 0.472. The largest absolute Gasteiger partial charge is 0.480 e. The molecule has 0 aliphatic carbocycles. The van der Waals surface area contributed by atoms with Crippen molar-refractivity contribution in [3.63, 3.8) is 0 Å². The molecule has 0 bridgehead atoms. The van der Waals surface area contributed by atoms with Crippen LogP contribution in [0.4, 0.5) is 4.79 Å². The van der Waals surface area contributed by atoms with Crippen molar-refractivity contribution < 1.29 is 19.4 Å². The number of carbonyl (C=O) groups is 2. The van der Waals surface area contributed by atoms with E-state index < -0.39 is 23.7 Å². The molecular formula is C10H15Cl2NO4. The standard InChI is InChI=1S/C10H15Cl2NO4/c1-10(2,3)17-9(16)13-6(8(14)15)4-5-7(11)12/h5-6H,4H2,1-3H3,(H,13,16)(H,14,15). The van der Waals surface area contributed by atoms with Crippen LogP contribution in [0.5, 0.6) is 0 Å². The van der Waals surface area contributed by atoms with Gasteiger partial charge in [0.05, 0.1) is 0 Å². The van der Waals surface area contributed by atoms with Gasteiger partial charge in [-0.25, -0.2) is 9.59 Å². The second-order valence-electron chi connectivity index (χ2n) is 4.27. The Kier molecular flexibility index (Phi) is 6.34. The van der Waals surface area contributed by atoms with Crippen LogP contribution in [0.1, 0.15) is 27.2 Å². The first kappa shape index (κ1) is 16.1. The number of hydrogen-bond donors (Lipinski definition) is 2. The molecule has 0 saturated carbocycles.